The Kier molecular flexibility index (Phi) is 4.03. The summed E-state index contributed by atoms with van der Waals surface area (Å²) in [5.41, 5.74) is 4.84. The Morgan fingerprint density at radius 1 is 1.00 bits per heavy atom. The first-order valence-electron chi connectivity index (χ1n) is 8.80. The second-order valence-corrected chi connectivity index (χ2v) is 6.78. The highest BCUT2D eigenvalue weighted by molar-refractivity contribution is 6.19. The van der Waals surface area contributed by atoms with E-state index < -0.39 is 0 Å². The highest BCUT2D eigenvalue weighted by Gasteiger charge is 2.30. The van der Waals surface area contributed by atoms with E-state index in [1.165, 1.54) is 10.5 Å². The third-order valence-electron chi connectivity index (χ3n) is 5.02. The summed E-state index contributed by atoms with van der Waals surface area (Å²) >= 11 is 0. The van der Waals surface area contributed by atoms with Crippen LogP contribution >= 0.6 is 0 Å². The summed E-state index contributed by atoms with van der Waals surface area (Å²) in [5, 5.41) is 3.86. The van der Waals surface area contributed by atoms with E-state index in [0.717, 1.165) is 16.5 Å². The zero-order valence-corrected chi connectivity index (χ0v) is 15.1. The lowest BCUT2D eigenvalue weighted by atomic mass is 10.1. The summed E-state index contributed by atoms with van der Waals surface area (Å²) in [7, 11) is 0. The molecule has 1 saturated heterocycles. The van der Waals surface area contributed by atoms with Gasteiger partial charge in [-0.15, -0.1) is 0 Å². The Balaban J connectivity index is 1.54. The fraction of sp³-hybridized carbons (Fsp3) is 0.190. The quantitative estimate of drug-likeness (QED) is 0.698. The molecule has 0 unspecified atom stereocenters. The second-order valence-electron chi connectivity index (χ2n) is 6.78. The predicted molar refractivity (Wildman–Crippen MR) is 104 cm³/mol. The normalized spacial score (nSPS) is 14.2. The zero-order chi connectivity index (χ0) is 19.1. The minimum atomic E-state index is -0.246. The van der Waals surface area contributed by atoms with Gasteiger partial charge in [0.25, 0.3) is 5.91 Å². The summed E-state index contributed by atoms with van der Waals surface area (Å²) in [6.45, 7) is 4.08. The molecule has 1 aromatic heterocycles. The van der Waals surface area contributed by atoms with Gasteiger partial charge in [0, 0.05) is 29.4 Å². The molecule has 4 rings (SSSR count). The van der Waals surface area contributed by atoms with Crippen LogP contribution in [-0.4, -0.2) is 22.7 Å². The maximum Gasteiger partial charge on any atom is 0.272 e. The average molecular weight is 361 g/mol. The van der Waals surface area contributed by atoms with Crippen LogP contribution in [0.4, 0.5) is 11.4 Å². The van der Waals surface area contributed by atoms with E-state index in [1.54, 1.807) is 24.3 Å². The molecule has 0 spiro atoms. The van der Waals surface area contributed by atoms with E-state index in [4.69, 9.17) is 0 Å². The molecule has 1 aliphatic heterocycles. The number of amides is 3. The standard InChI is InChI=1S/C21H19N3O3/c1-12-3-8-17-16(13(12)2)11-18(23-17)21(27)22-14-4-6-15(7-5-14)24-19(25)9-10-20(24)26/h3-8,11,23H,9-10H2,1-2H3,(H,22,27). The molecule has 6 heteroatoms. The maximum atomic E-state index is 12.6. The number of anilines is 2. The molecule has 1 aliphatic rings. The number of H-pyrrole nitrogens is 1. The van der Waals surface area contributed by atoms with E-state index in [-0.39, 0.29) is 30.6 Å². The fourth-order valence-corrected chi connectivity index (χ4v) is 3.34. The van der Waals surface area contributed by atoms with Crippen molar-refractivity contribution in [2.24, 2.45) is 0 Å². The highest BCUT2D eigenvalue weighted by Crippen LogP contribution is 2.25. The Hall–Kier alpha value is -3.41. The Morgan fingerprint density at radius 2 is 1.67 bits per heavy atom. The van der Waals surface area contributed by atoms with Crippen LogP contribution in [0.5, 0.6) is 0 Å². The van der Waals surface area contributed by atoms with Crippen molar-refractivity contribution in [3.8, 4) is 0 Å². The van der Waals surface area contributed by atoms with Gasteiger partial charge in [-0.25, -0.2) is 0 Å². The minimum Gasteiger partial charge on any atom is -0.351 e. The van der Waals surface area contributed by atoms with Crippen molar-refractivity contribution in [3.05, 3.63) is 59.3 Å². The molecule has 1 fully saturated rings. The van der Waals surface area contributed by atoms with Gasteiger partial charge in [-0.3, -0.25) is 19.3 Å². The molecule has 27 heavy (non-hydrogen) atoms. The number of aromatic amines is 1. The van der Waals surface area contributed by atoms with Gasteiger partial charge >= 0.3 is 0 Å². The molecule has 2 heterocycles. The minimum absolute atomic E-state index is 0.194. The third-order valence-corrected chi connectivity index (χ3v) is 5.02. The molecule has 0 radical (unpaired) electrons. The molecule has 3 amide bonds. The van der Waals surface area contributed by atoms with Crippen molar-refractivity contribution in [2.45, 2.75) is 26.7 Å². The SMILES string of the molecule is Cc1ccc2[nH]c(C(=O)Nc3ccc(N4C(=O)CCC4=O)cc3)cc2c1C. The number of aryl methyl sites for hydroxylation is 2. The van der Waals surface area contributed by atoms with Crippen molar-refractivity contribution < 1.29 is 14.4 Å². The van der Waals surface area contributed by atoms with Gasteiger partial charge in [0.15, 0.2) is 0 Å². The van der Waals surface area contributed by atoms with Crippen LogP contribution in [-0.2, 0) is 9.59 Å². The van der Waals surface area contributed by atoms with Crippen LogP contribution in [0.2, 0.25) is 0 Å². The van der Waals surface area contributed by atoms with E-state index >= 15 is 0 Å². The van der Waals surface area contributed by atoms with Gasteiger partial charge in [0.05, 0.1) is 5.69 Å². The van der Waals surface area contributed by atoms with Gasteiger partial charge in [-0.05, 0) is 61.4 Å². The van der Waals surface area contributed by atoms with Gasteiger partial charge in [-0.1, -0.05) is 6.07 Å². The monoisotopic (exact) mass is 361 g/mol. The van der Waals surface area contributed by atoms with E-state index in [2.05, 4.69) is 10.3 Å². The molecule has 6 nitrogen and oxygen atoms in total. The topological polar surface area (TPSA) is 82.3 Å². The molecule has 0 atom stereocenters. The number of carbonyl (C=O) groups is 3. The third kappa shape index (κ3) is 2.99. The van der Waals surface area contributed by atoms with Crippen LogP contribution in [0, 0.1) is 13.8 Å². The van der Waals surface area contributed by atoms with Crippen LogP contribution < -0.4 is 10.2 Å². The molecule has 2 aromatic carbocycles. The number of rotatable bonds is 3. The molecular weight excluding hydrogens is 342 g/mol. The number of benzene rings is 2. The van der Waals surface area contributed by atoms with E-state index in [9.17, 15) is 14.4 Å². The maximum absolute atomic E-state index is 12.6. The first kappa shape index (κ1) is 17.0. The number of imide groups is 1. The molecule has 0 bridgehead atoms. The first-order chi connectivity index (χ1) is 12.9. The van der Waals surface area contributed by atoms with Crippen molar-refractivity contribution >= 4 is 40.0 Å². The summed E-state index contributed by atoms with van der Waals surface area (Å²) in [5.74, 6) is -0.634. The number of fused-ring (bicyclic) bond motifs is 1. The number of hydrogen-bond acceptors (Lipinski definition) is 3. The fourth-order valence-electron chi connectivity index (χ4n) is 3.34. The Labute approximate surface area is 156 Å². The lowest BCUT2D eigenvalue weighted by Gasteiger charge is -2.14. The summed E-state index contributed by atoms with van der Waals surface area (Å²) in [6.07, 6.45) is 0.493. The van der Waals surface area contributed by atoms with E-state index in [0.29, 0.717) is 17.1 Å². The lowest BCUT2D eigenvalue weighted by Crippen LogP contribution is -2.28. The summed E-state index contributed by atoms with van der Waals surface area (Å²) in [4.78, 5) is 40.5. The summed E-state index contributed by atoms with van der Waals surface area (Å²) < 4.78 is 0. The van der Waals surface area contributed by atoms with Gasteiger partial charge in [0.1, 0.15) is 5.69 Å². The summed E-state index contributed by atoms with van der Waals surface area (Å²) in [6, 6.07) is 12.5. The Morgan fingerprint density at radius 3 is 2.33 bits per heavy atom. The first-order valence-corrected chi connectivity index (χ1v) is 8.80. The molecule has 0 saturated carbocycles. The van der Waals surface area contributed by atoms with Crippen molar-refractivity contribution in [1.82, 2.24) is 4.98 Å². The van der Waals surface area contributed by atoms with Crippen LogP contribution in [0.1, 0.15) is 34.5 Å². The molecule has 0 aliphatic carbocycles. The highest BCUT2D eigenvalue weighted by atomic mass is 16.2. The molecule has 2 N–H and O–H groups in total. The van der Waals surface area contributed by atoms with Crippen molar-refractivity contribution in [3.63, 3.8) is 0 Å². The molecular formula is C21H19N3O3. The largest absolute Gasteiger partial charge is 0.351 e. The molecule has 3 aromatic rings. The van der Waals surface area contributed by atoms with Crippen molar-refractivity contribution in [2.75, 3.05) is 10.2 Å². The van der Waals surface area contributed by atoms with Gasteiger partial charge < -0.3 is 10.3 Å². The molecule has 136 valence electrons. The number of aromatic nitrogens is 1. The van der Waals surface area contributed by atoms with Gasteiger partial charge in [0.2, 0.25) is 11.8 Å². The Bertz CT molecular complexity index is 1060. The van der Waals surface area contributed by atoms with Crippen LogP contribution in [0.15, 0.2) is 42.5 Å². The predicted octanol–water partition coefficient (Wildman–Crippen LogP) is 3.69. The van der Waals surface area contributed by atoms with Crippen LogP contribution in [0.3, 0.4) is 0 Å². The lowest BCUT2D eigenvalue weighted by molar-refractivity contribution is -0.121. The second kappa shape index (κ2) is 6.39. The number of nitrogens with one attached hydrogen (secondary N) is 2. The number of hydrogen-bond donors (Lipinski definition) is 2. The number of nitrogens with zero attached hydrogens (tertiary/aromatic N) is 1. The smallest absolute Gasteiger partial charge is 0.272 e. The van der Waals surface area contributed by atoms with Gasteiger partial charge in [-0.2, -0.15) is 0 Å². The van der Waals surface area contributed by atoms with Crippen LogP contribution in [0.25, 0.3) is 10.9 Å². The van der Waals surface area contributed by atoms with Crippen molar-refractivity contribution in [1.29, 1.82) is 0 Å². The van der Waals surface area contributed by atoms with E-state index in [1.807, 2.05) is 32.0 Å². The zero-order valence-electron chi connectivity index (χ0n) is 15.1. The number of carbonyl (C=O) groups excluding carboxylic acids is 3. The average Bonchev–Trinajstić information content (AvgIpc) is 3.23.